The number of hydrogen-bond donors (Lipinski definition) is 2. The van der Waals surface area contributed by atoms with E-state index < -0.39 is 0 Å². The highest BCUT2D eigenvalue weighted by molar-refractivity contribution is 4.70. The van der Waals surface area contributed by atoms with Gasteiger partial charge in [0.15, 0.2) is 0 Å². The maximum Gasteiger partial charge on any atom is 0.0632 e. The summed E-state index contributed by atoms with van der Waals surface area (Å²) in [6.07, 6.45) is 8.00. The summed E-state index contributed by atoms with van der Waals surface area (Å²) in [5.74, 6) is 0. The third-order valence-electron chi connectivity index (χ3n) is 1.45. The molecule has 0 spiro atoms. The van der Waals surface area contributed by atoms with Crippen LogP contribution in [0.15, 0.2) is 0 Å². The predicted octanol–water partition coefficient (Wildman–Crippen LogP) is -0.310. The molecule has 1 atom stereocenters. The number of nitrogens with one attached hydrogen (secondary N) is 2. The third-order valence-corrected chi connectivity index (χ3v) is 1.45. The summed E-state index contributed by atoms with van der Waals surface area (Å²) in [6, 6.07) is 0.517. The van der Waals surface area contributed by atoms with E-state index in [1.165, 1.54) is 0 Å². The zero-order chi connectivity index (χ0) is 8.53. The molecule has 1 aliphatic heterocycles. The Bertz CT molecular complexity index is 99.7. The molecule has 2 N–H and O–H groups in total. The predicted molar refractivity (Wildman–Crippen MR) is 48.5 cm³/mol. The zero-order valence-corrected chi connectivity index (χ0v) is 6.97. The van der Waals surface area contributed by atoms with Gasteiger partial charge in [0.05, 0.1) is 13.2 Å². The Kier molecular flexibility index (Phi) is 7.16. The van der Waals surface area contributed by atoms with Crippen LogP contribution < -0.4 is 10.6 Å². The smallest absolute Gasteiger partial charge is 0.0632 e. The van der Waals surface area contributed by atoms with Crippen LogP contribution in [0.5, 0.6) is 0 Å². The summed E-state index contributed by atoms with van der Waals surface area (Å²) < 4.78 is 5.23. The average Bonchev–Trinajstić information content (AvgIpc) is 2.11. The van der Waals surface area contributed by atoms with Crippen LogP contribution in [0.4, 0.5) is 0 Å². The molecule has 0 radical (unpaired) electrons. The molecule has 0 amide bonds. The Hall–Kier alpha value is -0.560. The van der Waals surface area contributed by atoms with Gasteiger partial charge in [0.2, 0.25) is 0 Å². The van der Waals surface area contributed by atoms with Gasteiger partial charge in [0.25, 0.3) is 0 Å². The molecule has 1 rings (SSSR count). The largest absolute Gasteiger partial charge is 0.378 e. The fraction of sp³-hybridized carbons (Fsp3) is 0.750. The third kappa shape index (κ3) is 4.79. The van der Waals surface area contributed by atoms with Crippen molar-refractivity contribution in [2.75, 3.05) is 33.4 Å². The number of morpholine rings is 1. The van der Waals surface area contributed by atoms with E-state index in [-0.39, 0.29) is 1.43 Å². The van der Waals surface area contributed by atoms with Crippen LogP contribution >= 0.6 is 0 Å². The highest BCUT2D eigenvalue weighted by atomic mass is 16.5. The van der Waals surface area contributed by atoms with E-state index >= 15 is 0 Å². The lowest BCUT2D eigenvalue weighted by Crippen LogP contribution is -2.46. The van der Waals surface area contributed by atoms with E-state index in [1.54, 1.807) is 0 Å². The average molecular weight is 158 g/mol. The van der Waals surface area contributed by atoms with Crippen molar-refractivity contribution in [3.63, 3.8) is 0 Å². The monoisotopic (exact) mass is 158 g/mol. The van der Waals surface area contributed by atoms with Gasteiger partial charge in [0.1, 0.15) is 0 Å². The van der Waals surface area contributed by atoms with Crippen LogP contribution in [0.2, 0.25) is 0 Å². The van der Waals surface area contributed by atoms with Crippen LogP contribution in [-0.4, -0.2) is 39.4 Å². The highest BCUT2D eigenvalue weighted by Crippen LogP contribution is 1.89. The van der Waals surface area contributed by atoms with Crippen LogP contribution in [0.25, 0.3) is 0 Å². The van der Waals surface area contributed by atoms with Crippen molar-refractivity contribution < 1.29 is 6.16 Å². The second-order valence-corrected chi connectivity index (χ2v) is 2.28. The van der Waals surface area contributed by atoms with E-state index in [1.807, 2.05) is 7.05 Å². The number of hydrogen-bond acceptors (Lipinski definition) is 3. The molecule has 0 aromatic rings. The quantitative estimate of drug-likeness (QED) is 0.541. The van der Waals surface area contributed by atoms with Gasteiger partial charge in [0, 0.05) is 20.6 Å². The van der Waals surface area contributed by atoms with E-state index in [0.29, 0.717) is 6.04 Å². The van der Waals surface area contributed by atoms with Gasteiger partial charge >= 0.3 is 0 Å². The summed E-state index contributed by atoms with van der Waals surface area (Å²) in [5.41, 5.74) is 0. The Morgan fingerprint density at radius 2 is 2.45 bits per heavy atom. The van der Waals surface area contributed by atoms with Crippen molar-refractivity contribution in [2.45, 2.75) is 6.04 Å². The number of likely N-dealkylation sites (N-methyl/N-ethyl adjacent to an activating group) is 1. The van der Waals surface area contributed by atoms with Gasteiger partial charge in [-0.25, -0.2) is 0 Å². The lowest BCUT2D eigenvalue weighted by molar-refractivity contribution is 0.0773. The first kappa shape index (κ1) is 10.4. The van der Waals surface area contributed by atoms with E-state index in [2.05, 4.69) is 23.5 Å². The van der Waals surface area contributed by atoms with Gasteiger partial charge in [-0.1, -0.05) is 0 Å². The lowest BCUT2D eigenvalue weighted by Gasteiger charge is -2.23. The van der Waals surface area contributed by atoms with Crippen LogP contribution in [0.1, 0.15) is 1.43 Å². The molecule has 0 bridgehead atoms. The molecule has 1 aliphatic rings. The van der Waals surface area contributed by atoms with E-state index in [0.717, 1.165) is 26.3 Å². The first-order chi connectivity index (χ1) is 5.43. The number of rotatable bonds is 2. The topological polar surface area (TPSA) is 33.3 Å². The molecule has 0 unspecified atom stereocenters. The van der Waals surface area contributed by atoms with Crippen molar-refractivity contribution in [1.29, 1.82) is 0 Å². The summed E-state index contributed by atoms with van der Waals surface area (Å²) in [5, 5.41) is 6.43. The first-order valence-corrected chi connectivity index (χ1v) is 3.72. The Morgan fingerprint density at radius 3 is 2.91 bits per heavy atom. The molecule has 3 heteroatoms. The maximum atomic E-state index is 5.23. The molecular weight excluding hydrogens is 140 g/mol. The molecule has 1 saturated heterocycles. The van der Waals surface area contributed by atoms with Crippen molar-refractivity contribution >= 4 is 0 Å². The van der Waals surface area contributed by atoms with E-state index in [4.69, 9.17) is 4.74 Å². The number of terminal acetylenes is 1. The summed E-state index contributed by atoms with van der Waals surface area (Å²) in [4.78, 5) is 0. The minimum Gasteiger partial charge on any atom is -0.378 e. The second-order valence-electron chi connectivity index (χ2n) is 2.28. The summed E-state index contributed by atoms with van der Waals surface area (Å²) in [7, 11) is 1.95. The zero-order valence-electron chi connectivity index (χ0n) is 6.97. The lowest BCUT2D eigenvalue weighted by atomic mass is 10.3. The maximum absolute atomic E-state index is 5.23. The molecule has 3 nitrogen and oxygen atoms in total. The van der Waals surface area contributed by atoms with Crippen LogP contribution in [0.3, 0.4) is 0 Å². The van der Waals surface area contributed by atoms with Gasteiger partial charge in [-0.05, 0) is 7.05 Å². The Labute approximate surface area is 70.0 Å². The van der Waals surface area contributed by atoms with Crippen LogP contribution in [-0.2, 0) is 4.74 Å². The second kappa shape index (κ2) is 7.55. The summed E-state index contributed by atoms with van der Waals surface area (Å²) >= 11 is 0. The van der Waals surface area contributed by atoms with Crippen molar-refractivity contribution in [2.24, 2.45) is 0 Å². The standard InChI is InChI=1S/C6H14N2O.C2H2.H2/c1-7-4-6-5-9-3-2-8-6;1-2;/h6-8H,2-5H2,1H3;1-2H;1H/t6-;;/m0../s1. The molecule has 0 aromatic heterocycles. The van der Waals surface area contributed by atoms with E-state index in [9.17, 15) is 0 Å². The van der Waals surface area contributed by atoms with Gasteiger partial charge in [-0.3, -0.25) is 0 Å². The Morgan fingerprint density at radius 1 is 1.73 bits per heavy atom. The normalized spacial score (nSPS) is 23.4. The van der Waals surface area contributed by atoms with Gasteiger partial charge in [-0.15, -0.1) is 12.8 Å². The van der Waals surface area contributed by atoms with Crippen molar-refractivity contribution in [1.82, 2.24) is 10.6 Å². The number of ether oxygens (including phenoxy) is 1. The molecule has 1 heterocycles. The minimum absolute atomic E-state index is 0. The Balaban J connectivity index is 0. The van der Waals surface area contributed by atoms with Crippen LogP contribution in [0, 0.1) is 12.8 Å². The fourth-order valence-corrected chi connectivity index (χ4v) is 0.997. The molecular formula is C8H18N2O. The minimum atomic E-state index is 0. The highest BCUT2D eigenvalue weighted by Gasteiger charge is 2.10. The molecule has 0 saturated carbocycles. The molecule has 66 valence electrons. The molecule has 0 aromatic carbocycles. The molecule has 0 aliphatic carbocycles. The van der Waals surface area contributed by atoms with Gasteiger partial charge < -0.3 is 15.4 Å². The molecule has 11 heavy (non-hydrogen) atoms. The first-order valence-electron chi connectivity index (χ1n) is 3.72. The fourth-order valence-electron chi connectivity index (χ4n) is 0.997. The van der Waals surface area contributed by atoms with Crippen molar-refractivity contribution in [3.05, 3.63) is 0 Å². The van der Waals surface area contributed by atoms with Crippen molar-refractivity contribution in [3.8, 4) is 12.8 Å². The van der Waals surface area contributed by atoms with Gasteiger partial charge in [-0.2, -0.15) is 0 Å². The molecule has 1 fully saturated rings. The SMILES string of the molecule is C#C.CNC[C@H]1COCCN1.[HH]. The summed E-state index contributed by atoms with van der Waals surface area (Å²) in [6.45, 7) is 3.70.